The number of benzene rings is 2. The Kier molecular flexibility index (Phi) is 5.86. The highest BCUT2D eigenvalue weighted by atomic mass is 35.5. The van der Waals surface area contributed by atoms with Gasteiger partial charge in [-0.25, -0.2) is 0 Å². The highest BCUT2D eigenvalue weighted by Crippen LogP contribution is 2.37. The molecule has 0 radical (unpaired) electrons. The zero-order chi connectivity index (χ0) is 17.7. The third-order valence-electron chi connectivity index (χ3n) is 3.74. The van der Waals surface area contributed by atoms with Gasteiger partial charge in [0.25, 0.3) is 0 Å². The van der Waals surface area contributed by atoms with Gasteiger partial charge in [0.05, 0.1) is 17.7 Å². The van der Waals surface area contributed by atoms with Crippen molar-refractivity contribution in [1.82, 2.24) is 0 Å². The molecule has 0 bridgehead atoms. The van der Waals surface area contributed by atoms with Crippen LogP contribution >= 0.6 is 23.2 Å². The average molecular weight is 366 g/mol. The molecule has 0 fully saturated rings. The summed E-state index contributed by atoms with van der Waals surface area (Å²) in [5.41, 5.74) is 1.26. The molecule has 0 aliphatic rings. The maximum Gasteiger partial charge on any atom is 0.305 e. The first-order valence-corrected chi connectivity index (χ1v) is 8.06. The molecule has 0 saturated heterocycles. The van der Waals surface area contributed by atoms with Crippen LogP contribution < -0.4 is 4.90 Å². The van der Waals surface area contributed by atoms with E-state index in [0.717, 1.165) is 0 Å². The molecule has 0 aromatic heterocycles. The molecule has 1 N–H and O–H groups in total. The number of hydrogen-bond acceptors (Lipinski definition) is 2. The molecular formula is C18H17Cl2NO3. The number of aliphatic carboxylic acids is 1. The number of amides is 1. The van der Waals surface area contributed by atoms with Gasteiger partial charge in [-0.3, -0.25) is 9.59 Å². The summed E-state index contributed by atoms with van der Waals surface area (Å²) in [5, 5.41) is 9.76. The van der Waals surface area contributed by atoms with Crippen molar-refractivity contribution >= 4 is 40.8 Å². The Morgan fingerprint density at radius 2 is 1.62 bits per heavy atom. The van der Waals surface area contributed by atoms with Crippen LogP contribution in [0.15, 0.2) is 54.6 Å². The Balaban J connectivity index is 2.24. The van der Waals surface area contributed by atoms with E-state index in [0.29, 0.717) is 16.3 Å². The summed E-state index contributed by atoms with van der Waals surface area (Å²) < 4.78 is 0. The molecule has 126 valence electrons. The maximum atomic E-state index is 12.6. The summed E-state index contributed by atoms with van der Waals surface area (Å²) in [6.45, 7) is 0. The van der Waals surface area contributed by atoms with Crippen molar-refractivity contribution < 1.29 is 14.7 Å². The zero-order valence-corrected chi connectivity index (χ0v) is 14.6. The number of nitrogens with zero attached hydrogens (tertiary/aromatic N) is 1. The minimum atomic E-state index is -1.30. The van der Waals surface area contributed by atoms with Gasteiger partial charge in [0.1, 0.15) is 0 Å². The van der Waals surface area contributed by atoms with E-state index in [1.165, 1.54) is 4.90 Å². The van der Waals surface area contributed by atoms with Crippen LogP contribution in [0.1, 0.15) is 18.4 Å². The number of carbonyl (C=O) groups is 2. The Hall–Kier alpha value is -2.04. The van der Waals surface area contributed by atoms with E-state index < -0.39 is 10.8 Å². The molecule has 0 aliphatic heterocycles. The van der Waals surface area contributed by atoms with Crippen molar-refractivity contribution in [1.29, 1.82) is 0 Å². The van der Waals surface area contributed by atoms with Crippen LogP contribution in [0, 0.1) is 0 Å². The van der Waals surface area contributed by atoms with E-state index in [9.17, 15) is 14.7 Å². The first-order valence-electron chi connectivity index (χ1n) is 7.30. The quantitative estimate of drug-likeness (QED) is 0.776. The number of alkyl halides is 1. The van der Waals surface area contributed by atoms with Crippen LogP contribution in [0.3, 0.4) is 0 Å². The molecule has 24 heavy (non-hydrogen) atoms. The molecule has 0 spiro atoms. The zero-order valence-electron chi connectivity index (χ0n) is 13.1. The van der Waals surface area contributed by atoms with Crippen molar-refractivity contribution in [2.24, 2.45) is 0 Å². The first-order chi connectivity index (χ1) is 11.3. The largest absolute Gasteiger partial charge is 0.481 e. The summed E-state index contributed by atoms with van der Waals surface area (Å²) in [7, 11) is 1.62. The predicted molar refractivity (Wildman–Crippen MR) is 95.7 cm³/mol. The van der Waals surface area contributed by atoms with Gasteiger partial charge in [0.2, 0.25) is 5.91 Å². The molecule has 6 heteroatoms. The van der Waals surface area contributed by atoms with Gasteiger partial charge in [-0.2, -0.15) is 0 Å². The van der Waals surface area contributed by atoms with Gasteiger partial charge >= 0.3 is 5.97 Å². The van der Waals surface area contributed by atoms with Crippen molar-refractivity contribution in [2.45, 2.75) is 17.7 Å². The maximum absolute atomic E-state index is 12.6. The van der Waals surface area contributed by atoms with Crippen LogP contribution in [0.5, 0.6) is 0 Å². The Bertz CT molecular complexity index is 719. The molecule has 1 amide bonds. The predicted octanol–water partition coefficient (Wildman–Crippen LogP) is 4.30. The standard InChI is InChI=1S/C18H17Cl2NO3/c1-21(15-9-7-14(19)8-10-15)16(22)11-18(20,12-17(23)24)13-5-3-2-4-6-13/h2-10H,11-12H2,1H3,(H,23,24). The molecule has 0 aliphatic carbocycles. The van der Waals surface area contributed by atoms with Crippen LogP contribution in [0.2, 0.25) is 5.02 Å². The van der Waals surface area contributed by atoms with Gasteiger partial charge in [0.15, 0.2) is 0 Å². The minimum Gasteiger partial charge on any atom is -0.481 e. The average Bonchev–Trinajstić information content (AvgIpc) is 2.55. The summed E-state index contributed by atoms with van der Waals surface area (Å²) in [4.78, 5) is 24.0. The molecule has 2 aromatic rings. The van der Waals surface area contributed by atoms with Gasteiger partial charge < -0.3 is 10.0 Å². The summed E-state index contributed by atoms with van der Waals surface area (Å²) in [6, 6.07) is 15.6. The fourth-order valence-electron chi connectivity index (χ4n) is 2.41. The number of carboxylic acid groups (broad SMARTS) is 1. The van der Waals surface area contributed by atoms with E-state index in [4.69, 9.17) is 23.2 Å². The molecule has 4 nitrogen and oxygen atoms in total. The van der Waals surface area contributed by atoms with Crippen LogP contribution in [-0.4, -0.2) is 24.0 Å². The highest BCUT2D eigenvalue weighted by Gasteiger charge is 2.36. The summed E-state index contributed by atoms with van der Waals surface area (Å²) in [5.74, 6) is -1.34. The minimum absolute atomic E-state index is 0.135. The molecule has 0 heterocycles. The topological polar surface area (TPSA) is 57.6 Å². The van der Waals surface area contributed by atoms with E-state index in [-0.39, 0.29) is 18.7 Å². The van der Waals surface area contributed by atoms with Crippen molar-refractivity contribution in [3.05, 3.63) is 65.2 Å². The van der Waals surface area contributed by atoms with Gasteiger partial charge in [-0.15, -0.1) is 11.6 Å². The molecule has 0 saturated carbocycles. The Labute approximate surface area is 150 Å². The van der Waals surface area contributed by atoms with Gasteiger partial charge in [-0.05, 0) is 29.8 Å². The smallest absolute Gasteiger partial charge is 0.305 e. The second kappa shape index (κ2) is 7.69. The first kappa shape index (κ1) is 18.3. The molecule has 2 aromatic carbocycles. The van der Waals surface area contributed by atoms with Crippen molar-refractivity contribution in [3.63, 3.8) is 0 Å². The lowest BCUT2D eigenvalue weighted by atomic mass is 9.91. The Morgan fingerprint density at radius 3 is 2.17 bits per heavy atom. The molecule has 1 unspecified atom stereocenters. The number of halogens is 2. The highest BCUT2D eigenvalue weighted by molar-refractivity contribution is 6.30. The van der Waals surface area contributed by atoms with Crippen LogP contribution in [0.25, 0.3) is 0 Å². The monoisotopic (exact) mass is 365 g/mol. The molecule has 2 rings (SSSR count). The van der Waals surface area contributed by atoms with Gasteiger partial charge in [-0.1, -0.05) is 41.9 Å². The number of hydrogen-bond donors (Lipinski definition) is 1. The second-order valence-corrected chi connectivity index (χ2v) is 6.67. The summed E-state index contributed by atoms with van der Waals surface area (Å²) in [6.07, 6.45) is -0.483. The van der Waals surface area contributed by atoms with Crippen LogP contribution in [0.4, 0.5) is 5.69 Å². The van der Waals surface area contributed by atoms with Crippen LogP contribution in [-0.2, 0) is 14.5 Å². The fourth-order valence-corrected chi connectivity index (χ4v) is 2.89. The third-order valence-corrected chi connectivity index (χ3v) is 4.48. The van der Waals surface area contributed by atoms with Gasteiger partial charge in [0, 0.05) is 17.8 Å². The normalized spacial score (nSPS) is 13.1. The lowest BCUT2D eigenvalue weighted by Gasteiger charge is -2.28. The fraction of sp³-hybridized carbons (Fsp3) is 0.222. The van der Waals surface area contributed by atoms with E-state index in [1.807, 2.05) is 6.07 Å². The van der Waals surface area contributed by atoms with E-state index >= 15 is 0 Å². The molecule has 1 atom stereocenters. The lowest BCUT2D eigenvalue weighted by Crippen LogP contribution is -2.34. The second-order valence-electron chi connectivity index (χ2n) is 5.51. The number of carbonyl (C=O) groups excluding carboxylic acids is 1. The number of rotatable bonds is 6. The van der Waals surface area contributed by atoms with Crippen molar-refractivity contribution in [3.8, 4) is 0 Å². The summed E-state index contributed by atoms with van der Waals surface area (Å²) >= 11 is 12.4. The van der Waals surface area contributed by atoms with E-state index in [1.54, 1.807) is 55.6 Å². The third kappa shape index (κ3) is 4.49. The van der Waals surface area contributed by atoms with E-state index in [2.05, 4.69) is 0 Å². The lowest BCUT2D eigenvalue weighted by molar-refractivity contribution is -0.138. The molecular weight excluding hydrogens is 349 g/mol. The Morgan fingerprint density at radius 1 is 1.04 bits per heavy atom. The number of carboxylic acids is 1. The SMILES string of the molecule is CN(C(=O)CC(Cl)(CC(=O)O)c1ccccc1)c1ccc(Cl)cc1. The van der Waals surface area contributed by atoms with Crippen molar-refractivity contribution in [2.75, 3.05) is 11.9 Å². The number of anilines is 1.